The molecule has 14 heavy (non-hydrogen) atoms. The van der Waals surface area contributed by atoms with Crippen molar-refractivity contribution in [2.24, 2.45) is 0 Å². The van der Waals surface area contributed by atoms with Crippen LogP contribution in [0.2, 0.25) is 0 Å². The molecular formula is C12H17O2. The fraction of sp³-hybridized carbons (Fsp3) is 0.417. The second kappa shape index (κ2) is 3.91. The molecule has 0 spiro atoms. The van der Waals surface area contributed by atoms with Gasteiger partial charge in [0.05, 0.1) is 7.11 Å². The minimum Gasteiger partial charge on any atom is -0.493 e. The lowest BCUT2D eigenvalue weighted by molar-refractivity contribution is 0.125. The topological polar surface area (TPSA) is 18.5 Å². The van der Waals surface area contributed by atoms with E-state index in [9.17, 15) is 0 Å². The smallest absolute Gasteiger partial charge is 0.161 e. The fourth-order valence-corrected chi connectivity index (χ4v) is 1.13. The number of hydrogen-bond donors (Lipinski definition) is 0. The molecule has 2 nitrogen and oxygen atoms in total. The van der Waals surface area contributed by atoms with Crippen LogP contribution in [-0.4, -0.2) is 12.7 Å². The summed E-state index contributed by atoms with van der Waals surface area (Å²) in [6.07, 6.45) is 0. The summed E-state index contributed by atoms with van der Waals surface area (Å²) >= 11 is 0. The Morgan fingerprint density at radius 2 is 1.79 bits per heavy atom. The fourth-order valence-electron chi connectivity index (χ4n) is 1.13. The van der Waals surface area contributed by atoms with Crippen molar-refractivity contribution in [3.63, 3.8) is 0 Å². The first-order valence-electron chi connectivity index (χ1n) is 4.61. The molecule has 77 valence electrons. The molecule has 0 aliphatic carbocycles. The van der Waals surface area contributed by atoms with Gasteiger partial charge in [0.2, 0.25) is 0 Å². The van der Waals surface area contributed by atoms with Gasteiger partial charge in [0, 0.05) is 0 Å². The van der Waals surface area contributed by atoms with E-state index in [0.717, 1.165) is 17.1 Å². The molecule has 0 saturated heterocycles. The first kappa shape index (κ1) is 10.9. The summed E-state index contributed by atoms with van der Waals surface area (Å²) in [6, 6.07) is 5.65. The van der Waals surface area contributed by atoms with Gasteiger partial charge in [-0.1, -0.05) is 6.07 Å². The van der Waals surface area contributed by atoms with E-state index in [1.807, 2.05) is 39.0 Å². The van der Waals surface area contributed by atoms with E-state index in [1.165, 1.54) is 0 Å². The lowest BCUT2D eigenvalue weighted by atomic mass is 10.1. The molecule has 1 aromatic rings. The second-order valence-electron chi connectivity index (χ2n) is 4.20. The van der Waals surface area contributed by atoms with Crippen LogP contribution in [0, 0.1) is 6.92 Å². The maximum atomic E-state index is 5.73. The molecule has 0 unspecified atom stereocenters. The molecule has 0 heterocycles. The standard InChI is InChI=1S/C12H17O2/c1-9-6-7-10(11(8-9)13-5)14-12(2,3)4/h6-8H,1H2,2-5H3. The Bertz CT molecular complexity index is 311. The van der Waals surface area contributed by atoms with Gasteiger partial charge in [-0.05, 0) is 45.4 Å². The SMILES string of the molecule is [CH2]c1ccc(OC(C)(C)C)c(OC)c1. The lowest BCUT2D eigenvalue weighted by Gasteiger charge is -2.22. The monoisotopic (exact) mass is 193 g/mol. The maximum absolute atomic E-state index is 5.73. The van der Waals surface area contributed by atoms with Gasteiger partial charge in [-0.2, -0.15) is 0 Å². The van der Waals surface area contributed by atoms with Crippen molar-refractivity contribution in [2.45, 2.75) is 26.4 Å². The van der Waals surface area contributed by atoms with Crippen LogP contribution in [0.5, 0.6) is 11.5 Å². The van der Waals surface area contributed by atoms with Crippen LogP contribution in [0.4, 0.5) is 0 Å². The van der Waals surface area contributed by atoms with E-state index in [0.29, 0.717) is 0 Å². The molecule has 0 saturated carbocycles. The third-order valence-electron chi connectivity index (χ3n) is 1.64. The highest BCUT2D eigenvalue weighted by molar-refractivity contribution is 5.44. The van der Waals surface area contributed by atoms with E-state index >= 15 is 0 Å². The van der Waals surface area contributed by atoms with Gasteiger partial charge in [-0.25, -0.2) is 0 Å². The molecule has 0 N–H and O–H groups in total. The summed E-state index contributed by atoms with van der Waals surface area (Å²) < 4.78 is 10.9. The minimum atomic E-state index is -0.212. The predicted octanol–water partition coefficient (Wildman–Crippen LogP) is 3.05. The van der Waals surface area contributed by atoms with Crippen LogP contribution in [0.1, 0.15) is 26.3 Å². The molecule has 2 heteroatoms. The normalized spacial score (nSPS) is 11.2. The first-order valence-corrected chi connectivity index (χ1v) is 4.61. The third-order valence-corrected chi connectivity index (χ3v) is 1.64. The van der Waals surface area contributed by atoms with Gasteiger partial charge >= 0.3 is 0 Å². The number of hydrogen-bond acceptors (Lipinski definition) is 2. The molecule has 0 aliphatic rings. The van der Waals surface area contributed by atoms with Crippen LogP contribution in [0.3, 0.4) is 0 Å². The Balaban J connectivity index is 2.97. The lowest BCUT2D eigenvalue weighted by Crippen LogP contribution is -2.23. The Kier molecular flexibility index (Phi) is 3.04. The van der Waals surface area contributed by atoms with E-state index in [2.05, 4.69) is 6.92 Å². The zero-order chi connectivity index (χ0) is 10.8. The van der Waals surface area contributed by atoms with Crippen LogP contribution >= 0.6 is 0 Å². The summed E-state index contributed by atoms with van der Waals surface area (Å²) in [4.78, 5) is 0. The quantitative estimate of drug-likeness (QED) is 0.718. The molecular weight excluding hydrogens is 176 g/mol. The van der Waals surface area contributed by atoms with E-state index in [4.69, 9.17) is 9.47 Å². The summed E-state index contributed by atoms with van der Waals surface area (Å²) in [5, 5.41) is 0. The Hall–Kier alpha value is -1.18. The van der Waals surface area contributed by atoms with Crippen LogP contribution < -0.4 is 9.47 Å². The summed E-state index contributed by atoms with van der Waals surface area (Å²) in [7, 11) is 1.63. The average Bonchev–Trinajstić information content (AvgIpc) is 2.06. The molecule has 0 bridgehead atoms. The van der Waals surface area contributed by atoms with E-state index < -0.39 is 0 Å². The van der Waals surface area contributed by atoms with Gasteiger partial charge in [0.25, 0.3) is 0 Å². The number of rotatable bonds is 2. The third kappa shape index (κ3) is 2.95. The van der Waals surface area contributed by atoms with Crippen molar-refractivity contribution in [2.75, 3.05) is 7.11 Å². The predicted molar refractivity (Wildman–Crippen MR) is 57.8 cm³/mol. The van der Waals surface area contributed by atoms with Crippen molar-refractivity contribution < 1.29 is 9.47 Å². The molecule has 0 fully saturated rings. The van der Waals surface area contributed by atoms with Crippen molar-refractivity contribution in [3.8, 4) is 11.5 Å². The minimum absolute atomic E-state index is 0.212. The Morgan fingerprint density at radius 3 is 2.29 bits per heavy atom. The number of ether oxygens (including phenoxy) is 2. The van der Waals surface area contributed by atoms with Crippen molar-refractivity contribution in [3.05, 3.63) is 30.7 Å². The van der Waals surface area contributed by atoms with Gasteiger partial charge in [0.15, 0.2) is 11.5 Å². The van der Waals surface area contributed by atoms with E-state index in [1.54, 1.807) is 7.11 Å². The maximum Gasteiger partial charge on any atom is 0.161 e. The molecule has 1 aromatic carbocycles. The molecule has 1 radical (unpaired) electrons. The zero-order valence-corrected chi connectivity index (χ0v) is 9.26. The molecule has 0 atom stereocenters. The van der Waals surface area contributed by atoms with E-state index in [-0.39, 0.29) is 5.60 Å². The van der Waals surface area contributed by atoms with Gasteiger partial charge in [-0.15, -0.1) is 0 Å². The van der Waals surface area contributed by atoms with Gasteiger partial charge in [-0.3, -0.25) is 0 Å². The summed E-state index contributed by atoms with van der Waals surface area (Å²) in [5.74, 6) is 1.49. The Morgan fingerprint density at radius 1 is 1.14 bits per heavy atom. The molecule has 0 aromatic heterocycles. The zero-order valence-electron chi connectivity index (χ0n) is 9.26. The van der Waals surface area contributed by atoms with Crippen molar-refractivity contribution in [1.29, 1.82) is 0 Å². The van der Waals surface area contributed by atoms with Crippen molar-refractivity contribution in [1.82, 2.24) is 0 Å². The highest BCUT2D eigenvalue weighted by Crippen LogP contribution is 2.30. The average molecular weight is 193 g/mol. The first-order chi connectivity index (χ1) is 6.42. The summed E-state index contributed by atoms with van der Waals surface area (Å²) in [5.41, 5.74) is 0.707. The Labute approximate surface area is 85.8 Å². The second-order valence-corrected chi connectivity index (χ2v) is 4.20. The van der Waals surface area contributed by atoms with Crippen LogP contribution in [0.15, 0.2) is 18.2 Å². The molecule has 0 amide bonds. The highest BCUT2D eigenvalue weighted by Gasteiger charge is 2.14. The van der Waals surface area contributed by atoms with Gasteiger partial charge in [0.1, 0.15) is 5.60 Å². The molecule has 1 rings (SSSR count). The largest absolute Gasteiger partial charge is 0.493 e. The highest BCUT2D eigenvalue weighted by atomic mass is 16.5. The van der Waals surface area contributed by atoms with Crippen LogP contribution in [-0.2, 0) is 0 Å². The number of methoxy groups -OCH3 is 1. The van der Waals surface area contributed by atoms with Crippen LogP contribution in [0.25, 0.3) is 0 Å². The molecule has 0 aliphatic heterocycles. The summed E-state index contributed by atoms with van der Waals surface area (Å²) in [6.45, 7) is 9.84. The van der Waals surface area contributed by atoms with Crippen molar-refractivity contribution >= 4 is 0 Å². The van der Waals surface area contributed by atoms with Gasteiger partial charge < -0.3 is 9.47 Å². The number of benzene rings is 1.